The Labute approximate surface area is 110 Å². The SMILES string of the molecule is COc1cccc(Cn2cc(Br)c(=O)[nH]c2=O)n1. The molecule has 0 aromatic carbocycles. The number of H-pyrrole nitrogens is 1. The van der Waals surface area contributed by atoms with Crippen molar-refractivity contribution in [1.29, 1.82) is 0 Å². The maximum atomic E-state index is 11.6. The molecule has 6 nitrogen and oxygen atoms in total. The molecule has 0 atom stereocenters. The summed E-state index contributed by atoms with van der Waals surface area (Å²) in [5.41, 5.74) is -0.266. The molecule has 1 N–H and O–H groups in total. The number of nitrogens with zero attached hydrogens (tertiary/aromatic N) is 2. The van der Waals surface area contributed by atoms with Crippen LogP contribution in [0, 0.1) is 0 Å². The quantitative estimate of drug-likeness (QED) is 0.907. The summed E-state index contributed by atoms with van der Waals surface area (Å²) >= 11 is 3.07. The van der Waals surface area contributed by atoms with Crippen molar-refractivity contribution in [2.45, 2.75) is 6.54 Å². The van der Waals surface area contributed by atoms with E-state index in [2.05, 4.69) is 25.9 Å². The van der Waals surface area contributed by atoms with Crippen LogP contribution in [0.1, 0.15) is 5.69 Å². The van der Waals surface area contributed by atoms with Crippen molar-refractivity contribution < 1.29 is 4.74 Å². The van der Waals surface area contributed by atoms with Crippen LogP contribution in [-0.2, 0) is 6.54 Å². The molecule has 18 heavy (non-hydrogen) atoms. The van der Waals surface area contributed by atoms with Crippen LogP contribution in [-0.4, -0.2) is 21.6 Å². The molecule has 2 aromatic heterocycles. The average Bonchev–Trinajstić information content (AvgIpc) is 2.36. The van der Waals surface area contributed by atoms with Gasteiger partial charge in [0.05, 0.1) is 23.8 Å². The molecule has 94 valence electrons. The van der Waals surface area contributed by atoms with Crippen molar-refractivity contribution in [1.82, 2.24) is 14.5 Å². The third-order valence-electron chi connectivity index (χ3n) is 2.29. The lowest BCUT2D eigenvalue weighted by atomic mass is 10.3. The molecule has 0 bridgehead atoms. The van der Waals surface area contributed by atoms with E-state index in [1.54, 1.807) is 18.2 Å². The van der Waals surface area contributed by atoms with Gasteiger partial charge in [-0.15, -0.1) is 0 Å². The molecule has 0 saturated heterocycles. The standard InChI is InChI=1S/C11H10BrN3O3/c1-18-9-4-2-3-7(13-9)5-15-6-8(12)10(16)14-11(15)17/h2-4,6H,5H2,1H3,(H,14,16,17). The van der Waals surface area contributed by atoms with Crippen LogP contribution in [0.25, 0.3) is 0 Å². The Hall–Kier alpha value is -1.89. The molecule has 0 aliphatic rings. The number of hydrogen-bond acceptors (Lipinski definition) is 4. The topological polar surface area (TPSA) is 77.0 Å². The highest BCUT2D eigenvalue weighted by molar-refractivity contribution is 9.10. The Morgan fingerprint density at radius 3 is 2.94 bits per heavy atom. The molecule has 2 heterocycles. The monoisotopic (exact) mass is 311 g/mol. The van der Waals surface area contributed by atoms with Crippen molar-refractivity contribution in [3.63, 3.8) is 0 Å². The lowest BCUT2D eigenvalue weighted by Gasteiger charge is -2.06. The molecule has 0 unspecified atom stereocenters. The van der Waals surface area contributed by atoms with E-state index >= 15 is 0 Å². The van der Waals surface area contributed by atoms with Gasteiger partial charge in [0.1, 0.15) is 0 Å². The van der Waals surface area contributed by atoms with Crippen LogP contribution in [0.15, 0.2) is 38.5 Å². The van der Waals surface area contributed by atoms with Gasteiger partial charge in [-0.2, -0.15) is 0 Å². The van der Waals surface area contributed by atoms with Crippen LogP contribution < -0.4 is 16.0 Å². The van der Waals surface area contributed by atoms with E-state index in [0.717, 1.165) is 0 Å². The molecular weight excluding hydrogens is 302 g/mol. The number of rotatable bonds is 3. The second kappa shape index (κ2) is 5.18. The highest BCUT2D eigenvalue weighted by atomic mass is 79.9. The molecular formula is C11H10BrN3O3. The fourth-order valence-electron chi connectivity index (χ4n) is 1.43. The Balaban J connectivity index is 2.36. The van der Waals surface area contributed by atoms with Gasteiger partial charge in [-0.1, -0.05) is 6.07 Å². The number of aromatic nitrogens is 3. The number of halogens is 1. The molecule has 0 saturated carbocycles. The summed E-state index contributed by atoms with van der Waals surface area (Å²) in [6.45, 7) is 0.255. The smallest absolute Gasteiger partial charge is 0.328 e. The minimum Gasteiger partial charge on any atom is -0.481 e. The molecule has 0 aliphatic heterocycles. The summed E-state index contributed by atoms with van der Waals surface area (Å²) in [5.74, 6) is 0.476. The zero-order chi connectivity index (χ0) is 13.1. The number of ether oxygens (including phenoxy) is 1. The van der Waals surface area contributed by atoms with Gasteiger partial charge in [-0.25, -0.2) is 9.78 Å². The van der Waals surface area contributed by atoms with E-state index in [9.17, 15) is 9.59 Å². The van der Waals surface area contributed by atoms with Crippen molar-refractivity contribution >= 4 is 15.9 Å². The van der Waals surface area contributed by atoms with Gasteiger partial charge >= 0.3 is 5.69 Å². The highest BCUT2D eigenvalue weighted by Crippen LogP contribution is 2.07. The number of methoxy groups -OCH3 is 1. The highest BCUT2D eigenvalue weighted by Gasteiger charge is 2.04. The van der Waals surface area contributed by atoms with E-state index in [4.69, 9.17) is 4.74 Å². The minimum atomic E-state index is -0.479. The van der Waals surface area contributed by atoms with Crippen molar-refractivity contribution in [2.75, 3.05) is 7.11 Å². The first kappa shape index (κ1) is 12.6. The van der Waals surface area contributed by atoms with E-state index in [1.807, 2.05) is 0 Å². The number of aromatic amines is 1. The fraction of sp³-hybridized carbons (Fsp3) is 0.182. The van der Waals surface area contributed by atoms with Crippen molar-refractivity contribution in [3.05, 3.63) is 55.4 Å². The van der Waals surface area contributed by atoms with Crippen LogP contribution >= 0.6 is 15.9 Å². The van der Waals surface area contributed by atoms with E-state index in [-0.39, 0.29) is 6.54 Å². The van der Waals surface area contributed by atoms with Crippen LogP contribution in [0.2, 0.25) is 0 Å². The summed E-state index contributed by atoms with van der Waals surface area (Å²) in [5, 5.41) is 0. The summed E-state index contributed by atoms with van der Waals surface area (Å²) in [6.07, 6.45) is 1.43. The van der Waals surface area contributed by atoms with Crippen LogP contribution in [0.3, 0.4) is 0 Å². The summed E-state index contributed by atoms with van der Waals surface area (Å²) < 4.78 is 6.65. The first-order chi connectivity index (χ1) is 8.60. The third-order valence-corrected chi connectivity index (χ3v) is 2.85. The van der Waals surface area contributed by atoms with Crippen molar-refractivity contribution in [2.24, 2.45) is 0 Å². The Morgan fingerprint density at radius 1 is 1.44 bits per heavy atom. The lowest BCUT2D eigenvalue weighted by Crippen LogP contribution is -2.30. The second-order valence-corrected chi connectivity index (χ2v) is 4.39. The van der Waals surface area contributed by atoms with Gasteiger partial charge in [0.2, 0.25) is 5.88 Å². The van der Waals surface area contributed by atoms with Gasteiger partial charge in [0, 0.05) is 12.3 Å². The maximum absolute atomic E-state index is 11.6. The molecule has 0 radical (unpaired) electrons. The maximum Gasteiger partial charge on any atom is 0.328 e. The lowest BCUT2D eigenvalue weighted by molar-refractivity contribution is 0.395. The zero-order valence-electron chi connectivity index (χ0n) is 9.51. The summed E-state index contributed by atoms with van der Waals surface area (Å²) in [7, 11) is 1.52. The van der Waals surface area contributed by atoms with E-state index in [1.165, 1.54) is 17.9 Å². The fourth-order valence-corrected chi connectivity index (χ4v) is 1.78. The number of hydrogen-bond donors (Lipinski definition) is 1. The molecule has 2 aromatic rings. The summed E-state index contributed by atoms with van der Waals surface area (Å²) in [4.78, 5) is 29.2. The van der Waals surface area contributed by atoms with Gasteiger partial charge in [-0.05, 0) is 22.0 Å². The Kier molecular flexibility index (Phi) is 3.61. The second-order valence-electron chi connectivity index (χ2n) is 3.54. The molecule has 0 spiro atoms. The van der Waals surface area contributed by atoms with Crippen LogP contribution in [0.5, 0.6) is 5.88 Å². The van der Waals surface area contributed by atoms with Crippen molar-refractivity contribution in [3.8, 4) is 5.88 Å². The first-order valence-electron chi connectivity index (χ1n) is 5.09. The van der Waals surface area contributed by atoms with Crippen LogP contribution in [0.4, 0.5) is 0 Å². The molecule has 2 rings (SSSR count). The molecule has 0 amide bonds. The van der Waals surface area contributed by atoms with Gasteiger partial charge in [-0.3, -0.25) is 14.3 Å². The number of nitrogens with one attached hydrogen (secondary N) is 1. The predicted molar refractivity (Wildman–Crippen MR) is 68.9 cm³/mol. The number of pyridine rings is 1. The molecule has 0 fully saturated rings. The van der Waals surface area contributed by atoms with E-state index < -0.39 is 11.2 Å². The predicted octanol–water partition coefficient (Wildman–Crippen LogP) is 0.751. The van der Waals surface area contributed by atoms with Gasteiger partial charge in [0.15, 0.2) is 0 Å². The average molecular weight is 312 g/mol. The molecule has 7 heteroatoms. The molecule has 0 aliphatic carbocycles. The van der Waals surface area contributed by atoms with Gasteiger partial charge in [0.25, 0.3) is 5.56 Å². The third kappa shape index (κ3) is 2.67. The normalized spacial score (nSPS) is 10.3. The van der Waals surface area contributed by atoms with Gasteiger partial charge < -0.3 is 4.74 Å². The Bertz CT molecular complexity index is 678. The summed E-state index contributed by atoms with van der Waals surface area (Å²) in [6, 6.07) is 5.27. The van der Waals surface area contributed by atoms with E-state index in [0.29, 0.717) is 16.0 Å². The zero-order valence-corrected chi connectivity index (χ0v) is 11.1. The first-order valence-corrected chi connectivity index (χ1v) is 5.88. The minimum absolute atomic E-state index is 0.255. The largest absolute Gasteiger partial charge is 0.481 e. The Morgan fingerprint density at radius 2 is 2.22 bits per heavy atom.